The van der Waals surface area contributed by atoms with Gasteiger partial charge in [0.15, 0.2) is 6.10 Å². The lowest BCUT2D eigenvalue weighted by atomic mass is 10.2. The Bertz CT molecular complexity index is 315. The van der Waals surface area contributed by atoms with Crippen LogP contribution >= 0.6 is 12.4 Å². The Morgan fingerprint density at radius 1 is 1.60 bits per heavy atom. The fraction of sp³-hybridized carbons (Fsp3) is 0.556. The van der Waals surface area contributed by atoms with Crippen molar-refractivity contribution in [3.05, 3.63) is 18.7 Å². The van der Waals surface area contributed by atoms with Gasteiger partial charge in [-0.1, -0.05) is 0 Å². The Balaban J connectivity index is 0.00000112. The molecule has 2 rings (SSSR count). The van der Waals surface area contributed by atoms with Crippen LogP contribution in [0.3, 0.4) is 0 Å². The van der Waals surface area contributed by atoms with E-state index in [1.807, 2.05) is 10.8 Å². The van der Waals surface area contributed by atoms with Gasteiger partial charge in [0.2, 0.25) is 0 Å². The number of carbonyl (C=O) groups is 1. The van der Waals surface area contributed by atoms with Gasteiger partial charge in [0.1, 0.15) is 0 Å². The summed E-state index contributed by atoms with van der Waals surface area (Å²) >= 11 is 0. The smallest absolute Gasteiger partial charge is 0.332 e. The highest BCUT2D eigenvalue weighted by Gasteiger charge is 2.30. The van der Waals surface area contributed by atoms with Gasteiger partial charge >= 0.3 is 5.97 Å². The molecule has 1 fully saturated rings. The SMILES string of the molecule is Cl.O=C(O)[C@@H]1CC[C@H](Cn2ccnc2)O1. The molecule has 5 nitrogen and oxygen atoms in total. The molecule has 15 heavy (non-hydrogen) atoms. The number of ether oxygens (including phenoxy) is 1. The van der Waals surface area contributed by atoms with Crippen LogP contribution in [0.2, 0.25) is 0 Å². The van der Waals surface area contributed by atoms with Gasteiger partial charge in [-0.3, -0.25) is 0 Å². The largest absolute Gasteiger partial charge is 0.479 e. The average molecular weight is 233 g/mol. The van der Waals surface area contributed by atoms with Crippen LogP contribution in [0, 0.1) is 0 Å². The number of carboxylic acid groups (broad SMARTS) is 1. The van der Waals surface area contributed by atoms with Crippen LogP contribution in [-0.2, 0) is 16.1 Å². The van der Waals surface area contributed by atoms with Gasteiger partial charge in [-0.05, 0) is 12.8 Å². The number of imidazole rings is 1. The summed E-state index contributed by atoms with van der Waals surface area (Å²) in [6.45, 7) is 0.684. The first-order valence-electron chi connectivity index (χ1n) is 4.59. The molecule has 1 aliphatic rings. The summed E-state index contributed by atoms with van der Waals surface area (Å²) in [5, 5.41) is 8.71. The van der Waals surface area contributed by atoms with E-state index < -0.39 is 12.1 Å². The zero-order valence-corrected chi connectivity index (χ0v) is 8.89. The monoisotopic (exact) mass is 232 g/mol. The van der Waals surface area contributed by atoms with Gasteiger partial charge < -0.3 is 14.4 Å². The van der Waals surface area contributed by atoms with Crippen LogP contribution in [0.15, 0.2) is 18.7 Å². The molecule has 0 radical (unpaired) electrons. The third-order valence-corrected chi connectivity index (χ3v) is 2.36. The normalized spacial score (nSPS) is 24.8. The van der Waals surface area contributed by atoms with Crippen molar-refractivity contribution >= 4 is 18.4 Å². The van der Waals surface area contributed by atoms with E-state index in [1.165, 1.54) is 0 Å². The van der Waals surface area contributed by atoms with Crippen molar-refractivity contribution < 1.29 is 14.6 Å². The van der Waals surface area contributed by atoms with E-state index in [1.54, 1.807) is 12.5 Å². The van der Waals surface area contributed by atoms with Gasteiger partial charge in [-0.15, -0.1) is 12.4 Å². The average Bonchev–Trinajstić information content (AvgIpc) is 2.75. The van der Waals surface area contributed by atoms with Gasteiger partial charge in [0, 0.05) is 18.9 Å². The fourth-order valence-corrected chi connectivity index (χ4v) is 1.65. The number of halogens is 1. The van der Waals surface area contributed by atoms with Crippen LogP contribution in [0.25, 0.3) is 0 Å². The second kappa shape index (κ2) is 5.14. The number of aromatic nitrogens is 2. The molecular formula is C9H13ClN2O3. The lowest BCUT2D eigenvalue weighted by Crippen LogP contribution is -2.22. The van der Waals surface area contributed by atoms with E-state index >= 15 is 0 Å². The Morgan fingerprint density at radius 3 is 2.93 bits per heavy atom. The highest BCUT2D eigenvalue weighted by molar-refractivity contribution is 5.85. The van der Waals surface area contributed by atoms with Crippen molar-refractivity contribution in [1.82, 2.24) is 9.55 Å². The van der Waals surface area contributed by atoms with Crippen LogP contribution < -0.4 is 0 Å². The maximum atomic E-state index is 10.6. The molecule has 1 aliphatic heterocycles. The van der Waals surface area contributed by atoms with Crippen molar-refractivity contribution in [3.8, 4) is 0 Å². The zero-order valence-electron chi connectivity index (χ0n) is 8.07. The van der Waals surface area contributed by atoms with Crippen LogP contribution in [0.4, 0.5) is 0 Å². The first-order valence-corrected chi connectivity index (χ1v) is 4.59. The summed E-state index contributed by atoms with van der Waals surface area (Å²) in [5.41, 5.74) is 0. The number of carboxylic acids is 1. The van der Waals surface area contributed by atoms with E-state index in [2.05, 4.69) is 4.98 Å². The predicted molar refractivity (Wildman–Crippen MR) is 55.0 cm³/mol. The molecule has 6 heteroatoms. The molecule has 1 saturated heterocycles. The quantitative estimate of drug-likeness (QED) is 0.842. The molecule has 1 aromatic heterocycles. The third kappa shape index (κ3) is 2.94. The molecule has 1 N–H and O–H groups in total. The number of aliphatic carboxylic acids is 1. The molecule has 1 aromatic rings. The molecule has 0 unspecified atom stereocenters. The fourth-order valence-electron chi connectivity index (χ4n) is 1.65. The molecule has 84 valence electrons. The minimum atomic E-state index is -0.863. The minimum Gasteiger partial charge on any atom is -0.479 e. The number of nitrogens with zero attached hydrogens (tertiary/aromatic N) is 2. The Morgan fingerprint density at radius 2 is 2.40 bits per heavy atom. The maximum Gasteiger partial charge on any atom is 0.332 e. The highest BCUT2D eigenvalue weighted by atomic mass is 35.5. The molecule has 2 heterocycles. The van der Waals surface area contributed by atoms with Crippen molar-refractivity contribution in [1.29, 1.82) is 0 Å². The van der Waals surface area contributed by atoms with Gasteiger partial charge in [-0.25, -0.2) is 9.78 Å². The topological polar surface area (TPSA) is 64.3 Å². The summed E-state index contributed by atoms with van der Waals surface area (Å²) < 4.78 is 7.25. The van der Waals surface area contributed by atoms with Crippen molar-refractivity contribution in [2.75, 3.05) is 0 Å². The molecule has 0 amide bonds. The van der Waals surface area contributed by atoms with Gasteiger partial charge in [0.25, 0.3) is 0 Å². The third-order valence-electron chi connectivity index (χ3n) is 2.36. The van der Waals surface area contributed by atoms with E-state index in [9.17, 15) is 4.79 Å². The lowest BCUT2D eigenvalue weighted by molar-refractivity contribution is -0.149. The summed E-state index contributed by atoms with van der Waals surface area (Å²) in [4.78, 5) is 14.5. The first-order chi connectivity index (χ1) is 6.75. The van der Waals surface area contributed by atoms with Crippen molar-refractivity contribution in [2.45, 2.75) is 31.6 Å². The molecular weight excluding hydrogens is 220 g/mol. The Labute approximate surface area is 93.5 Å². The molecule has 0 bridgehead atoms. The van der Waals surface area contributed by atoms with E-state index in [4.69, 9.17) is 9.84 Å². The van der Waals surface area contributed by atoms with E-state index in [-0.39, 0.29) is 18.5 Å². The zero-order chi connectivity index (χ0) is 9.97. The predicted octanol–water partition coefficient (Wildman–Crippen LogP) is 0.937. The molecule has 0 aliphatic carbocycles. The van der Waals surface area contributed by atoms with Gasteiger partial charge in [0.05, 0.1) is 12.4 Å². The molecule has 0 saturated carbocycles. The standard InChI is InChI=1S/C9H12N2O3.ClH/c12-9(13)8-2-1-7(14-8)5-11-4-3-10-6-11;/h3-4,6-8H,1-2,5H2,(H,12,13);1H/t7-,8+;/m1./s1. The summed E-state index contributed by atoms with van der Waals surface area (Å²) in [6.07, 6.45) is 6.04. The van der Waals surface area contributed by atoms with Crippen molar-refractivity contribution in [2.24, 2.45) is 0 Å². The Kier molecular flexibility index (Phi) is 4.11. The van der Waals surface area contributed by atoms with Crippen molar-refractivity contribution in [3.63, 3.8) is 0 Å². The summed E-state index contributed by atoms with van der Waals surface area (Å²) in [6, 6.07) is 0. The Hall–Kier alpha value is -1.07. The maximum absolute atomic E-state index is 10.6. The molecule has 2 atom stereocenters. The van der Waals surface area contributed by atoms with E-state index in [0.717, 1.165) is 6.42 Å². The molecule has 0 aromatic carbocycles. The van der Waals surface area contributed by atoms with Crippen LogP contribution in [-0.4, -0.2) is 32.8 Å². The second-order valence-corrected chi connectivity index (χ2v) is 3.42. The number of hydrogen-bond acceptors (Lipinski definition) is 3. The molecule has 0 spiro atoms. The lowest BCUT2D eigenvalue weighted by Gasteiger charge is -2.11. The number of hydrogen-bond donors (Lipinski definition) is 1. The minimum absolute atomic E-state index is 0. The summed E-state index contributed by atoms with van der Waals surface area (Å²) in [7, 11) is 0. The second-order valence-electron chi connectivity index (χ2n) is 3.42. The first kappa shape index (κ1) is 12.0. The highest BCUT2D eigenvalue weighted by Crippen LogP contribution is 2.20. The van der Waals surface area contributed by atoms with Gasteiger partial charge in [-0.2, -0.15) is 0 Å². The number of rotatable bonds is 3. The van der Waals surface area contributed by atoms with Crippen LogP contribution in [0.5, 0.6) is 0 Å². The van der Waals surface area contributed by atoms with Crippen LogP contribution in [0.1, 0.15) is 12.8 Å². The van der Waals surface area contributed by atoms with E-state index in [0.29, 0.717) is 13.0 Å². The summed E-state index contributed by atoms with van der Waals surface area (Å²) in [5.74, 6) is -0.863.